The van der Waals surface area contributed by atoms with Gasteiger partial charge in [0.15, 0.2) is 0 Å². The molecule has 3 aromatic rings. The number of aromatic nitrogens is 5. The molecule has 0 amide bonds. The first-order valence-electron chi connectivity index (χ1n) is 6.90. The molecule has 0 fully saturated rings. The Morgan fingerprint density at radius 3 is 2.42 bits per heavy atom. The first-order valence-corrected chi connectivity index (χ1v) is 6.90. The summed E-state index contributed by atoms with van der Waals surface area (Å²) in [6.45, 7) is 0.487. The van der Waals surface area contributed by atoms with Crippen molar-refractivity contribution in [2.75, 3.05) is 19.0 Å². The summed E-state index contributed by atoms with van der Waals surface area (Å²) in [6, 6.07) is 6.78. The first-order chi connectivity index (χ1) is 11.3. The number of nitrogens with zero attached hydrogens (tertiary/aromatic N) is 6. The van der Waals surface area contributed by atoms with Crippen molar-refractivity contribution in [1.82, 2.24) is 24.9 Å². The minimum Gasteiger partial charge on any atom is -0.346 e. The molecule has 10 heteroatoms. The van der Waals surface area contributed by atoms with Crippen LogP contribution < -0.4 is 4.90 Å². The van der Waals surface area contributed by atoms with Crippen LogP contribution in [0, 0.1) is 0 Å². The maximum Gasteiger partial charge on any atom is 0.471 e. The monoisotopic (exact) mass is 338 g/mol. The highest BCUT2D eigenvalue weighted by atomic mass is 19.4. The van der Waals surface area contributed by atoms with Gasteiger partial charge in [-0.25, -0.2) is 9.67 Å². The SMILES string of the molecule is CN(C)c1ncn(Cc2ccc(-c3noc(C(F)(F)F)n3)cc2)n1. The predicted molar refractivity (Wildman–Crippen MR) is 78.2 cm³/mol. The number of hydrogen-bond donors (Lipinski definition) is 0. The van der Waals surface area contributed by atoms with Crippen molar-refractivity contribution in [2.45, 2.75) is 12.7 Å². The van der Waals surface area contributed by atoms with Crippen LogP contribution in [0.15, 0.2) is 35.1 Å². The van der Waals surface area contributed by atoms with E-state index in [-0.39, 0.29) is 5.82 Å². The fourth-order valence-corrected chi connectivity index (χ4v) is 1.97. The molecule has 0 spiro atoms. The third-order valence-electron chi connectivity index (χ3n) is 3.15. The first kappa shape index (κ1) is 16.0. The molecule has 7 nitrogen and oxygen atoms in total. The Kier molecular flexibility index (Phi) is 3.96. The molecule has 0 radical (unpaired) electrons. The maximum atomic E-state index is 12.5. The smallest absolute Gasteiger partial charge is 0.346 e. The second-order valence-electron chi connectivity index (χ2n) is 5.25. The summed E-state index contributed by atoms with van der Waals surface area (Å²) < 4.78 is 43.3. The van der Waals surface area contributed by atoms with E-state index in [1.54, 1.807) is 40.2 Å². The van der Waals surface area contributed by atoms with Gasteiger partial charge in [0.1, 0.15) is 6.33 Å². The third-order valence-corrected chi connectivity index (χ3v) is 3.15. The summed E-state index contributed by atoms with van der Waals surface area (Å²) in [4.78, 5) is 9.28. The Hall–Kier alpha value is -2.91. The molecule has 1 aromatic carbocycles. The highest BCUT2D eigenvalue weighted by molar-refractivity contribution is 5.54. The molecule has 24 heavy (non-hydrogen) atoms. The number of rotatable bonds is 4. The molecule has 3 rings (SSSR count). The van der Waals surface area contributed by atoms with E-state index in [1.165, 1.54) is 0 Å². The molecule has 0 saturated carbocycles. The third kappa shape index (κ3) is 3.36. The van der Waals surface area contributed by atoms with Gasteiger partial charge in [-0.2, -0.15) is 18.2 Å². The Morgan fingerprint density at radius 2 is 1.88 bits per heavy atom. The van der Waals surface area contributed by atoms with Gasteiger partial charge in [0, 0.05) is 19.7 Å². The number of anilines is 1. The van der Waals surface area contributed by atoms with E-state index in [0.717, 1.165) is 5.56 Å². The average Bonchev–Trinajstić information content (AvgIpc) is 3.16. The van der Waals surface area contributed by atoms with Crippen molar-refractivity contribution in [1.29, 1.82) is 0 Å². The molecule has 0 atom stereocenters. The van der Waals surface area contributed by atoms with Crippen molar-refractivity contribution < 1.29 is 17.7 Å². The summed E-state index contributed by atoms with van der Waals surface area (Å²) in [7, 11) is 3.68. The van der Waals surface area contributed by atoms with E-state index >= 15 is 0 Å². The van der Waals surface area contributed by atoms with Gasteiger partial charge in [0.05, 0.1) is 6.54 Å². The molecule has 0 bridgehead atoms. The summed E-state index contributed by atoms with van der Waals surface area (Å²) in [5.41, 5.74) is 1.35. The van der Waals surface area contributed by atoms with Crippen molar-refractivity contribution in [3.05, 3.63) is 42.0 Å². The molecular weight excluding hydrogens is 325 g/mol. The fraction of sp³-hybridized carbons (Fsp3) is 0.286. The molecule has 0 aliphatic heterocycles. The van der Waals surface area contributed by atoms with Crippen molar-refractivity contribution in [3.8, 4) is 11.4 Å². The maximum absolute atomic E-state index is 12.5. The minimum atomic E-state index is -4.65. The van der Waals surface area contributed by atoms with Crippen LogP contribution in [0.4, 0.5) is 19.1 Å². The Morgan fingerprint density at radius 1 is 1.17 bits per heavy atom. The van der Waals surface area contributed by atoms with E-state index in [9.17, 15) is 13.2 Å². The van der Waals surface area contributed by atoms with Gasteiger partial charge in [0.25, 0.3) is 0 Å². The second-order valence-corrected chi connectivity index (χ2v) is 5.25. The van der Waals surface area contributed by atoms with Crippen LogP contribution in [0.25, 0.3) is 11.4 Å². The van der Waals surface area contributed by atoms with Gasteiger partial charge in [-0.3, -0.25) is 0 Å². The van der Waals surface area contributed by atoms with E-state index in [0.29, 0.717) is 18.1 Å². The lowest BCUT2D eigenvalue weighted by Gasteiger charge is -2.05. The number of hydrogen-bond acceptors (Lipinski definition) is 6. The minimum absolute atomic E-state index is 0.107. The molecule has 2 aromatic heterocycles. The van der Waals surface area contributed by atoms with Crippen LogP contribution in [0.3, 0.4) is 0 Å². The summed E-state index contributed by atoms with van der Waals surface area (Å²) in [5, 5.41) is 7.63. The topological polar surface area (TPSA) is 72.9 Å². The summed E-state index contributed by atoms with van der Waals surface area (Å²) >= 11 is 0. The Labute approximate surface area is 134 Å². The zero-order chi connectivity index (χ0) is 17.3. The highest BCUT2D eigenvalue weighted by Gasteiger charge is 2.38. The summed E-state index contributed by atoms with van der Waals surface area (Å²) in [6.07, 6.45) is -3.04. The lowest BCUT2D eigenvalue weighted by molar-refractivity contribution is -0.159. The van der Waals surface area contributed by atoms with Crippen LogP contribution in [-0.2, 0) is 12.7 Å². The largest absolute Gasteiger partial charge is 0.471 e. The van der Waals surface area contributed by atoms with Crippen LogP contribution in [0.5, 0.6) is 0 Å². The molecule has 0 aliphatic rings. The molecule has 0 N–H and O–H groups in total. The Balaban J connectivity index is 1.74. The summed E-state index contributed by atoms with van der Waals surface area (Å²) in [5.74, 6) is -0.872. The van der Waals surface area contributed by atoms with Gasteiger partial charge in [0.2, 0.25) is 11.8 Å². The second kappa shape index (κ2) is 5.95. The normalized spacial score (nSPS) is 11.7. The quantitative estimate of drug-likeness (QED) is 0.728. The molecular formula is C14H13F3N6O. The van der Waals surface area contributed by atoms with E-state index in [2.05, 4.69) is 24.7 Å². The molecule has 0 aliphatic carbocycles. The standard InChI is InChI=1S/C14H13F3N6O/c1-22(2)13-18-8-23(20-13)7-9-3-5-10(6-4-9)11-19-12(24-21-11)14(15,16)17/h3-6,8H,7H2,1-2H3. The van der Waals surface area contributed by atoms with Crippen LogP contribution in [0.2, 0.25) is 0 Å². The van der Waals surface area contributed by atoms with Crippen molar-refractivity contribution >= 4 is 5.95 Å². The van der Waals surface area contributed by atoms with Crippen LogP contribution >= 0.6 is 0 Å². The van der Waals surface area contributed by atoms with Gasteiger partial charge in [-0.15, -0.1) is 5.10 Å². The van der Waals surface area contributed by atoms with Gasteiger partial charge >= 0.3 is 12.1 Å². The molecule has 126 valence electrons. The van der Waals surface area contributed by atoms with Gasteiger partial charge in [-0.1, -0.05) is 29.4 Å². The zero-order valence-corrected chi connectivity index (χ0v) is 12.8. The van der Waals surface area contributed by atoms with Crippen molar-refractivity contribution in [2.24, 2.45) is 0 Å². The van der Waals surface area contributed by atoms with E-state index < -0.39 is 12.1 Å². The number of alkyl halides is 3. The predicted octanol–water partition coefficient (Wildman–Crippen LogP) is 2.46. The number of benzene rings is 1. The molecule has 0 saturated heterocycles. The lowest BCUT2D eigenvalue weighted by Crippen LogP contribution is -2.11. The zero-order valence-electron chi connectivity index (χ0n) is 12.8. The van der Waals surface area contributed by atoms with Crippen molar-refractivity contribution in [3.63, 3.8) is 0 Å². The number of halogens is 3. The van der Waals surface area contributed by atoms with Gasteiger partial charge in [-0.05, 0) is 5.56 Å². The molecule has 2 heterocycles. The lowest BCUT2D eigenvalue weighted by atomic mass is 10.1. The van der Waals surface area contributed by atoms with E-state index in [1.807, 2.05) is 14.1 Å². The highest BCUT2D eigenvalue weighted by Crippen LogP contribution is 2.29. The van der Waals surface area contributed by atoms with Gasteiger partial charge < -0.3 is 9.42 Å². The van der Waals surface area contributed by atoms with Crippen LogP contribution in [-0.4, -0.2) is 39.0 Å². The van der Waals surface area contributed by atoms with Crippen LogP contribution in [0.1, 0.15) is 11.5 Å². The average molecular weight is 338 g/mol. The van der Waals surface area contributed by atoms with E-state index in [4.69, 9.17) is 0 Å². The Bertz CT molecular complexity index is 822. The molecule has 0 unspecified atom stereocenters. The fourth-order valence-electron chi connectivity index (χ4n) is 1.97.